The van der Waals surface area contributed by atoms with E-state index >= 15 is 0 Å². The summed E-state index contributed by atoms with van der Waals surface area (Å²) in [6.45, 7) is 6.75. The van der Waals surface area contributed by atoms with Crippen LogP contribution in [0.5, 0.6) is 0 Å². The van der Waals surface area contributed by atoms with Crippen LogP contribution in [0.25, 0.3) is 0 Å². The van der Waals surface area contributed by atoms with Crippen molar-refractivity contribution in [3.63, 3.8) is 0 Å². The average Bonchev–Trinajstić information content (AvgIpc) is 2.42. The molecular formula is C16H31NO2. The second-order valence-electron chi connectivity index (χ2n) is 6.18. The fourth-order valence-electron chi connectivity index (χ4n) is 3.24. The van der Waals surface area contributed by atoms with Crippen LogP contribution >= 0.6 is 0 Å². The molecule has 1 aliphatic rings. The zero-order chi connectivity index (χ0) is 14.3. The minimum atomic E-state index is -0.116. The molecule has 1 rings (SSSR count). The van der Waals surface area contributed by atoms with Crippen LogP contribution in [0, 0.1) is 11.8 Å². The van der Waals surface area contributed by atoms with Crippen molar-refractivity contribution in [3.8, 4) is 0 Å². The molecule has 3 unspecified atom stereocenters. The molecule has 1 saturated carbocycles. The van der Waals surface area contributed by atoms with Crippen molar-refractivity contribution in [1.82, 2.24) is 5.32 Å². The van der Waals surface area contributed by atoms with Gasteiger partial charge in [0.2, 0.25) is 0 Å². The van der Waals surface area contributed by atoms with Crippen molar-refractivity contribution in [2.75, 3.05) is 7.11 Å². The van der Waals surface area contributed by atoms with E-state index in [1.807, 2.05) is 0 Å². The van der Waals surface area contributed by atoms with Crippen LogP contribution in [0.2, 0.25) is 0 Å². The summed E-state index contributed by atoms with van der Waals surface area (Å²) in [5, 5.41) is 3.60. The predicted molar refractivity (Wildman–Crippen MR) is 79.0 cm³/mol. The van der Waals surface area contributed by atoms with Gasteiger partial charge in [-0.25, -0.2) is 0 Å². The summed E-state index contributed by atoms with van der Waals surface area (Å²) in [5.41, 5.74) is 0. The van der Waals surface area contributed by atoms with Gasteiger partial charge in [0.05, 0.1) is 7.11 Å². The lowest BCUT2D eigenvalue weighted by atomic mass is 9.77. The standard InChI is InChI=1S/C16H31NO2/c1-5-6-10-15(16(18)19-4)17-14-11-8-7-9-13(14)12(2)3/h12-15,17H,5-11H2,1-4H3. The maximum atomic E-state index is 11.9. The summed E-state index contributed by atoms with van der Waals surface area (Å²) in [6.07, 6.45) is 8.19. The molecule has 0 amide bonds. The van der Waals surface area contributed by atoms with Crippen molar-refractivity contribution in [2.45, 2.75) is 77.8 Å². The number of methoxy groups -OCH3 is 1. The summed E-state index contributed by atoms with van der Waals surface area (Å²) in [6, 6.07) is 0.365. The zero-order valence-electron chi connectivity index (χ0n) is 13.1. The maximum Gasteiger partial charge on any atom is 0.322 e. The molecule has 0 aromatic rings. The summed E-state index contributed by atoms with van der Waals surface area (Å²) in [5.74, 6) is 1.28. The molecule has 0 saturated heterocycles. The van der Waals surface area contributed by atoms with Gasteiger partial charge in [-0.15, -0.1) is 0 Å². The number of hydrogen-bond donors (Lipinski definition) is 1. The molecule has 1 fully saturated rings. The fourth-order valence-corrected chi connectivity index (χ4v) is 3.24. The summed E-state index contributed by atoms with van der Waals surface area (Å²) < 4.78 is 4.95. The molecule has 0 spiro atoms. The SMILES string of the molecule is CCCCC(NC1CCCCC1C(C)C)C(=O)OC. The lowest BCUT2D eigenvalue weighted by Crippen LogP contribution is -2.49. The average molecular weight is 269 g/mol. The van der Waals surface area contributed by atoms with E-state index in [-0.39, 0.29) is 12.0 Å². The van der Waals surface area contributed by atoms with E-state index < -0.39 is 0 Å². The van der Waals surface area contributed by atoms with Gasteiger partial charge in [-0.3, -0.25) is 4.79 Å². The maximum absolute atomic E-state index is 11.9. The smallest absolute Gasteiger partial charge is 0.322 e. The molecule has 1 N–H and O–H groups in total. The van der Waals surface area contributed by atoms with Crippen LogP contribution in [0.15, 0.2) is 0 Å². The number of ether oxygens (including phenoxy) is 1. The highest BCUT2D eigenvalue weighted by molar-refractivity contribution is 5.75. The molecule has 0 aromatic heterocycles. The molecule has 3 atom stereocenters. The minimum absolute atomic E-state index is 0.0958. The van der Waals surface area contributed by atoms with Gasteiger partial charge in [-0.05, 0) is 31.1 Å². The molecule has 3 nitrogen and oxygen atoms in total. The van der Waals surface area contributed by atoms with Crippen molar-refractivity contribution in [3.05, 3.63) is 0 Å². The monoisotopic (exact) mass is 269 g/mol. The Labute approximate surface area is 118 Å². The van der Waals surface area contributed by atoms with Crippen LogP contribution < -0.4 is 5.32 Å². The molecule has 19 heavy (non-hydrogen) atoms. The Morgan fingerprint density at radius 2 is 2.00 bits per heavy atom. The highest BCUT2D eigenvalue weighted by Crippen LogP contribution is 2.30. The first-order valence-electron chi connectivity index (χ1n) is 7.94. The number of unbranched alkanes of at least 4 members (excludes halogenated alkanes) is 1. The number of carbonyl (C=O) groups excluding carboxylic acids is 1. The normalized spacial score (nSPS) is 25.3. The largest absolute Gasteiger partial charge is 0.468 e. The van der Waals surface area contributed by atoms with Crippen LogP contribution in [-0.2, 0) is 9.53 Å². The zero-order valence-corrected chi connectivity index (χ0v) is 13.1. The second kappa shape index (κ2) is 8.57. The highest BCUT2D eigenvalue weighted by Gasteiger charge is 2.31. The van der Waals surface area contributed by atoms with Crippen molar-refractivity contribution < 1.29 is 9.53 Å². The summed E-state index contributed by atoms with van der Waals surface area (Å²) >= 11 is 0. The third-order valence-corrected chi connectivity index (χ3v) is 4.42. The number of hydrogen-bond acceptors (Lipinski definition) is 3. The molecule has 0 heterocycles. The lowest BCUT2D eigenvalue weighted by Gasteiger charge is -2.37. The van der Waals surface area contributed by atoms with Gasteiger partial charge in [0.1, 0.15) is 6.04 Å². The van der Waals surface area contributed by atoms with E-state index in [1.54, 1.807) is 0 Å². The van der Waals surface area contributed by atoms with Gasteiger partial charge in [-0.1, -0.05) is 46.5 Å². The second-order valence-corrected chi connectivity index (χ2v) is 6.18. The van der Waals surface area contributed by atoms with Gasteiger partial charge >= 0.3 is 5.97 Å². The molecule has 0 aromatic carbocycles. The Balaban J connectivity index is 2.61. The Morgan fingerprint density at radius 3 is 2.58 bits per heavy atom. The van der Waals surface area contributed by atoms with Crippen LogP contribution in [0.4, 0.5) is 0 Å². The number of rotatable bonds is 7. The van der Waals surface area contributed by atoms with E-state index in [9.17, 15) is 4.79 Å². The topological polar surface area (TPSA) is 38.3 Å². The first kappa shape index (κ1) is 16.5. The fraction of sp³-hybridized carbons (Fsp3) is 0.938. The van der Waals surface area contributed by atoms with Crippen LogP contribution in [-0.4, -0.2) is 25.2 Å². The van der Waals surface area contributed by atoms with Crippen molar-refractivity contribution >= 4 is 5.97 Å². The van der Waals surface area contributed by atoms with Crippen LogP contribution in [0.3, 0.4) is 0 Å². The van der Waals surface area contributed by atoms with Gasteiger partial charge < -0.3 is 10.1 Å². The Morgan fingerprint density at radius 1 is 1.32 bits per heavy atom. The molecule has 3 heteroatoms. The highest BCUT2D eigenvalue weighted by atomic mass is 16.5. The van der Waals surface area contributed by atoms with E-state index in [4.69, 9.17) is 4.74 Å². The summed E-state index contributed by atoms with van der Waals surface area (Å²) in [4.78, 5) is 11.9. The van der Waals surface area contributed by atoms with Gasteiger partial charge in [0.25, 0.3) is 0 Å². The predicted octanol–water partition coefficient (Wildman–Crippen LogP) is 3.52. The number of nitrogens with one attached hydrogen (secondary N) is 1. The molecule has 1 aliphatic carbocycles. The minimum Gasteiger partial charge on any atom is -0.468 e. The lowest BCUT2D eigenvalue weighted by molar-refractivity contribution is -0.143. The van der Waals surface area contributed by atoms with Gasteiger partial charge in [0, 0.05) is 6.04 Å². The third kappa shape index (κ3) is 5.13. The van der Waals surface area contributed by atoms with Gasteiger partial charge in [0.15, 0.2) is 0 Å². The third-order valence-electron chi connectivity index (χ3n) is 4.42. The number of esters is 1. The quantitative estimate of drug-likeness (QED) is 0.719. The van der Waals surface area contributed by atoms with Gasteiger partial charge in [-0.2, -0.15) is 0 Å². The molecule has 0 radical (unpaired) electrons. The van der Waals surface area contributed by atoms with Crippen molar-refractivity contribution in [1.29, 1.82) is 0 Å². The number of carbonyl (C=O) groups is 1. The van der Waals surface area contributed by atoms with E-state index in [1.165, 1.54) is 32.8 Å². The first-order valence-corrected chi connectivity index (χ1v) is 7.94. The summed E-state index contributed by atoms with van der Waals surface area (Å²) in [7, 11) is 1.49. The van der Waals surface area contributed by atoms with E-state index in [0.717, 1.165) is 19.3 Å². The molecule has 0 bridgehead atoms. The molecule has 112 valence electrons. The van der Waals surface area contributed by atoms with E-state index in [0.29, 0.717) is 17.9 Å². The molecule has 0 aliphatic heterocycles. The Kier molecular flexibility index (Phi) is 7.44. The first-order chi connectivity index (χ1) is 9.10. The molecular weight excluding hydrogens is 238 g/mol. The van der Waals surface area contributed by atoms with Crippen LogP contribution in [0.1, 0.15) is 65.7 Å². The van der Waals surface area contributed by atoms with E-state index in [2.05, 4.69) is 26.1 Å². The Hall–Kier alpha value is -0.570. The van der Waals surface area contributed by atoms with Crippen molar-refractivity contribution in [2.24, 2.45) is 11.8 Å². The Bertz CT molecular complexity index is 265.